The first-order valence-corrected chi connectivity index (χ1v) is 5.24. The van der Waals surface area contributed by atoms with Crippen molar-refractivity contribution < 1.29 is 4.79 Å². The summed E-state index contributed by atoms with van der Waals surface area (Å²) in [5.74, 6) is 0.667. The Morgan fingerprint density at radius 2 is 2.29 bits per heavy atom. The van der Waals surface area contributed by atoms with Crippen molar-refractivity contribution in [1.82, 2.24) is 4.90 Å². The van der Waals surface area contributed by atoms with Crippen LogP contribution in [0.5, 0.6) is 0 Å². The molecule has 0 aromatic carbocycles. The molecular weight excluding hydrogens is 176 g/mol. The molecule has 2 unspecified atom stereocenters. The monoisotopic (exact) mass is 194 g/mol. The largest absolute Gasteiger partial charge is 0.341 e. The molecule has 1 aliphatic rings. The number of rotatable bonds is 3. The van der Waals surface area contributed by atoms with E-state index in [1.807, 2.05) is 25.7 Å². The molecule has 2 atom stereocenters. The van der Waals surface area contributed by atoms with E-state index in [0.717, 1.165) is 13.0 Å². The highest BCUT2D eigenvalue weighted by Gasteiger charge is 2.30. The molecule has 0 radical (unpaired) electrons. The zero-order valence-electron chi connectivity index (χ0n) is 9.16. The summed E-state index contributed by atoms with van der Waals surface area (Å²) in [6.45, 7) is 7.44. The van der Waals surface area contributed by atoms with E-state index in [-0.39, 0.29) is 17.7 Å². The van der Waals surface area contributed by atoms with Gasteiger partial charge in [-0.15, -0.1) is 0 Å². The van der Waals surface area contributed by atoms with Gasteiger partial charge >= 0.3 is 0 Å². The number of carbonyl (C=O) groups excluding carboxylic acids is 1. The number of nitrogens with zero attached hydrogens (tertiary/aromatic N) is 2. The molecule has 1 aliphatic heterocycles. The molecule has 1 heterocycles. The fourth-order valence-electron chi connectivity index (χ4n) is 1.71. The zero-order valence-corrected chi connectivity index (χ0v) is 9.16. The molecule has 14 heavy (non-hydrogen) atoms. The highest BCUT2D eigenvalue weighted by Crippen LogP contribution is 2.20. The van der Waals surface area contributed by atoms with Crippen LogP contribution in [0.2, 0.25) is 0 Å². The van der Waals surface area contributed by atoms with Gasteiger partial charge < -0.3 is 4.90 Å². The van der Waals surface area contributed by atoms with Gasteiger partial charge in [-0.3, -0.25) is 4.79 Å². The standard InChI is InChI=1S/C11H18N2O/c1-8(2)10(6-12)7-13-5-4-9(3)11(13)14/h8-10H,4-5,7H2,1-3H3. The maximum Gasteiger partial charge on any atom is 0.225 e. The summed E-state index contributed by atoms with van der Waals surface area (Å²) in [6.07, 6.45) is 0.940. The van der Waals surface area contributed by atoms with Crippen molar-refractivity contribution >= 4 is 5.91 Å². The highest BCUT2D eigenvalue weighted by atomic mass is 16.2. The average molecular weight is 194 g/mol. The molecule has 1 saturated heterocycles. The lowest BCUT2D eigenvalue weighted by atomic mass is 9.97. The molecule has 3 heteroatoms. The maximum atomic E-state index is 11.6. The molecule has 78 valence electrons. The normalized spacial score (nSPS) is 24.1. The average Bonchev–Trinajstić information content (AvgIpc) is 2.44. The SMILES string of the molecule is CC1CCN(CC(C#N)C(C)C)C1=O. The molecule has 0 N–H and O–H groups in total. The number of carbonyl (C=O) groups is 1. The van der Waals surface area contributed by atoms with E-state index in [9.17, 15) is 4.79 Å². The first-order chi connectivity index (χ1) is 6.56. The van der Waals surface area contributed by atoms with Crippen LogP contribution >= 0.6 is 0 Å². The lowest BCUT2D eigenvalue weighted by Crippen LogP contribution is -2.33. The first-order valence-electron chi connectivity index (χ1n) is 5.24. The second-order valence-corrected chi connectivity index (χ2v) is 4.45. The van der Waals surface area contributed by atoms with Gasteiger partial charge in [-0.2, -0.15) is 5.26 Å². The van der Waals surface area contributed by atoms with E-state index >= 15 is 0 Å². The lowest BCUT2D eigenvalue weighted by Gasteiger charge is -2.21. The van der Waals surface area contributed by atoms with Gasteiger partial charge in [0.25, 0.3) is 0 Å². The number of nitriles is 1. The van der Waals surface area contributed by atoms with E-state index in [0.29, 0.717) is 12.5 Å². The summed E-state index contributed by atoms with van der Waals surface area (Å²) in [5.41, 5.74) is 0. The molecule has 1 fully saturated rings. The van der Waals surface area contributed by atoms with Crippen LogP contribution in [0.1, 0.15) is 27.2 Å². The summed E-state index contributed by atoms with van der Waals surface area (Å²) in [5, 5.41) is 8.92. The van der Waals surface area contributed by atoms with Gasteiger partial charge in [0, 0.05) is 19.0 Å². The Morgan fingerprint density at radius 1 is 1.64 bits per heavy atom. The Labute approximate surface area is 85.7 Å². The maximum absolute atomic E-state index is 11.6. The molecule has 0 aliphatic carbocycles. The van der Waals surface area contributed by atoms with E-state index in [2.05, 4.69) is 6.07 Å². The second kappa shape index (κ2) is 4.45. The van der Waals surface area contributed by atoms with Crippen LogP contribution in [0.3, 0.4) is 0 Å². The van der Waals surface area contributed by atoms with Crippen molar-refractivity contribution in [3.63, 3.8) is 0 Å². The second-order valence-electron chi connectivity index (χ2n) is 4.45. The third-order valence-corrected chi connectivity index (χ3v) is 2.95. The van der Waals surface area contributed by atoms with Crippen LogP contribution < -0.4 is 0 Å². The Balaban J connectivity index is 2.53. The van der Waals surface area contributed by atoms with Gasteiger partial charge in [0.15, 0.2) is 0 Å². The molecule has 1 amide bonds. The summed E-state index contributed by atoms with van der Waals surface area (Å²) < 4.78 is 0. The fraction of sp³-hybridized carbons (Fsp3) is 0.818. The van der Waals surface area contributed by atoms with Gasteiger partial charge in [0.05, 0.1) is 12.0 Å². The van der Waals surface area contributed by atoms with Gasteiger partial charge in [-0.1, -0.05) is 20.8 Å². The topological polar surface area (TPSA) is 44.1 Å². The van der Waals surface area contributed by atoms with Crippen molar-refractivity contribution in [2.24, 2.45) is 17.8 Å². The Kier molecular flexibility index (Phi) is 3.51. The molecule has 0 bridgehead atoms. The van der Waals surface area contributed by atoms with Crippen molar-refractivity contribution in [1.29, 1.82) is 5.26 Å². The summed E-state index contributed by atoms with van der Waals surface area (Å²) in [7, 11) is 0. The lowest BCUT2D eigenvalue weighted by molar-refractivity contribution is -0.131. The molecule has 0 aromatic heterocycles. The highest BCUT2D eigenvalue weighted by molar-refractivity contribution is 5.80. The van der Waals surface area contributed by atoms with Crippen LogP contribution in [-0.2, 0) is 4.79 Å². The van der Waals surface area contributed by atoms with Crippen LogP contribution in [0.25, 0.3) is 0 Å². The van der Waals surface area contributed by atoms with E-state index in [4.69, 9.17) is 5.26 Å². The summed E-state index contributed by atoms with van der Waals surface area (Å²) in [6, 6.07) is 2.27. The van der Waals surface area contributed by atoms with Gasteiger partial charge in [0.1, 0.15) is 0 Å². The quantitative estimate of drug-likeness (QED) is 0.685. The number of likely N-dealkylation sites (tertiary alicyclic amines) is 1. The Morgan fingerprint density at radius 3 is 2.64 bits per heavy atom. The van der Waals surface area contributed by atoms with Crippen LogP contribution in [0.15, 0.2) is 0 Å². The van der Waals surface area contributed by atoms with E-state index in [1.165, 1.54) is 0 Å². The van der Waals surface area contributed by atoms with Gasteiger partial charge in [-0.05, 0) is 12.3 Å². The van der Waals surface area contributed by atoms with Crippen molar-refractivity contribution in [2.45, 2.75) is 27.2 Å². The van der Waals surface area contributed by atoms with E-state index in [1.54, 1.807) is 0 Å². The van der Waals surface area contributed by atoms with Crippen LogP contribution in [0.4, 0.5) is 0 Å². The van der Waals surface area contributed by atoms with E-state index < -0.39 is 0 Å². The van der Waals surface area contributed by atoms with Gasteiger partial charge in [0.2, 0.25) is 5.91 Å². The predicted molar refractivity (Wildman–Crippen MR) is 54.3 cm³/mol. The zero-order chi connectivity index (χ0) is 10.7. The summed E-state index contributed by atoms with van der Waals surface area (Å²) in [4.78, 5) is 13.4. The Hall–Kier alpha value is -1.04. The molecular formula is C11H18N2O. The van der Waals surface area contributed by atoms with Crippen LogP contribution in [0, 0.1) is 29.1 Å². The van der Waals surface area contributed by atoms with Gasteiger partial charge in [-0.25, -0.2) is 0 Å². The summed E-state index contributed by atoms with van der Waals surface area (Å²) >= 11 is 0. The fourth-order valence-corrected chi connectivity index (χ4v) is 1.71. The minimum absolute atomic E-state index is 0.0238. The van der Waals surface area contributed by atoms with Crippen molar-refractivity contribution in [3.8, 4) is 6.07 Å². The predicted octanol–water partition coefficient (Wildman–Crippen LogP) is 1.65. The Bertz CT molecular complexity index is 255. The molecule has 0 saturated carbocycles. The minimum Gasteiger partial charge on any atom is -0.341 e. The third kappa shape index (κ3) is 2.25. The molecule has 1 rings (SSSR count). The third-order valence-electron chi connectivity index (χ3n) is 2.95. The van der Waals surface area contributed by atoms with Crippen molar-refractivity contribution in [3.05, 3.63) is 0 Å². The first kappa shape index (κ1) is 11.0. The molecule has 3 nitrogen and oxygen atoms in total. The smallest absolute Gasteiger partial charge is 0.225 e. The molecule has 0 spiro atoms. The number of amides is 1. The van der Waals surface area contributed by atoms with Crippen molar-refractivity contribution in [2.75, 3.05) is 13.1 Å². The number of hydrogen-bond donors (Lipinski definition) is 0. The van der Waals surface area contributed by atoms with Crippen LogP contribution in [-0.4, -0.2) is 23.9 Å². The molecule has 0 aromatic rings. The minimum atomic E-state index is -0.0238. The number of hydrogen-bond acceptors (Lipinski definition) is 2.